The van der Waals surface area contributed by atoms with Crippen LogP contribution >= 0.6 is 11.3 Å². The molecule has 3 aromatic heterocycles. The monoisotopic (exact) mass is 837 g/mol. The van der Waals surface area contributed by atoms with E-state index in [4.69, 9.17) is 14.4 Å². The molecule has 64 heavy (non-hydrogen) atoms. The summed E-state index contributed by atoms with van der Waals surface area (Å²) in [6.07, 6.45) is 3.07. The van der Waals surface area contributed by atoms with Crippen molar-refractivity contribution in [1.82, 2.24) is 4.57 Å². The minimum absolute atomic E-state index is 0.0999. The molecule has 4 nitrogen and oxygen atoms in total. The number of amidine groups is 1. The van der Waals surface area contributed by atoms with Gasteiger partial charge in [-0.3, -0.25) is 0 Å². The van der Waals surface area contributed by atoms with Gasteiger partial charge in [0.25, 0.3) is 0 Å². The van der Waals surface area contributed by atoms with Crippen LogP contribution in [0.2, 0.25) is 0 Å². The topological polar surface area (TPSA) is 42.8 Å². The number of thiophene rings is 1. The highest BCUT2D eigenvalue weighted by molar-refractivity contribution is 7.26. The summed E-state index contributed by atoms with van der Waals surface area (Å²) in [6.45, 7) is 2.29. The molecule has 5 heteroatoms. The normalized spacial score (nSPS) is 17.1. The first-order valence-corrected chi connectivity index (χ1v) is 22.8. The molecule has 0 saturated heterocycles. The Morgan fingerprint density at radius 2 is 1.23 bits per heavy atom. The lowest BCUT2D eigenvalue weighted by Crippen LogP contribution is -2.17. The fraction of sp³-hybridized carbons (Fsp3) is 0.0508. The van der Waals surface area contributed by atoms with Crippen LogP contribution in [0.4, 0.5) is 0 Å². The molecular formula is C59H39N3OS. The van der Waals surface area contributed by atoms with Gasteiger partial charge in [-0.05, 0) is 94.5 Å². The van der Waals surface area contributed by atoms with Gasteiger partial charge < -0.3 is 8.98 Å². The maximum Gasteiger partial charge on any atom is 0.160 e. The maximum atomic E-state index is 6.42. The lowest BCUT2D eigenvalue weighted by Gasteiger charge is -2.20. The minimum atomic E-state index is 0.0999. The molecular weight excluding hydrogens is 799 g/mol. The van der Waals surface area contributed by atoms with E-state index in [1.807, 2.05) is 23.5 Å². The third-order valence-electron chi connectivity index (χ3n) is 13.1. The first kappa shape index (κ1) is 36.8. The summed E-state index contributed by atoms with van der Waals surface area (Å²) in [5.74, 6) is 0.791. The molecule has 9 aromatic carbocycles. The van der Waals surface area contributed by atoms with Crippen molar-refractivity contribution in [2.24, 2.45) is 15.9 Å². The first-order chi connectivity index (χ1) is 31.6. The van der Waals surface area contributed by atoms with Gasteiger partial charge in [0.2, 0.25) is 0 Å². The number of hydrogen-bond acceptors (Lipinski definition) is 4. The van der Waals surface area contributed by atoms with Crippen LogP contribution in [-0.2, 0) is 0 Å². The van der Waals surface area contributed by atoms with Crippen LogP contribution in [0.15, 0.2) is 215 Å². The van der Waals surface area contributed by atoms with Crippen molar-refractivity contribution in [3.63, 3.8) is 0 Å². The van der Waals surface area contributed by atoms with E-state index in [0.717, 1.165) is 67.5 Å². The van der Waals surface area contributed by atoms with Crippen LogP contribution in [0, 0.1) is 5.92 Å². The molecule has 0 fully saturated rings. The summed E-state index contributed by atoms with van der Waals surface area (Å²) in [5, 5.41) is 9.51. The Morgan fingerprint density at radius 1 is 0.516 bits per heavy atom. The quantitative estimate of drug-likeness (QED) is 0.170. The third-order valence-corrected chi connectivity index (χ3v) is 14.2. The summed E-state index contributed by atoms with van der Waals surface area (Å²) >= 11 is 1.84. The number of fused-ring (bicyclic) bond motifs is 10. The second-order valence-corrected chi connectivity index (χ2v) is 18.0. The molecule has 0 N–H and O–H groups in total. The van der Waals surface area contributed by atoms with E-state index in [-0.39, 0.29) is 5.92 Å². The second-order valence-electron chi connectivity index (χ2n) is 16.9. The fourth-order valence-corrected chi connectivity index (χ4v) is 11.2. The van der Waals surface area contributed by atoms with E-state index < -0.39 is 0 Å². The lowest BCUT2D eigenvalue weighted by molar-refractivity contribution is 0.669. The predicted molar refractivity (Wildman–Crippen MR) is 272 cm³/mol. The summed E-state index contributed by atoms with van der Waals surface area (Å²) in [7, 11) is 0. The summed E-state index contributed by atoms with van der Waals surface area (Å²) in [4.78, 5) is 11.4. The number of hydrogen-bond donors (Lipinski definition) is 0. The van der Waals surface area contributed by atoms with Crippen LogP contribution in [-0.4, -0.2) is 16.1 Å². The van der Waals surface area contributed by atoms with E-state index in [9.17, 15) is 0 Å². The average molecular weight is 838 g/mol. The van der Waals surface area contributed by atoms with Gasteiger partial charge in [0.15, 0.2) is 5.84 Å². The van der Waals surface area contributed by atoms with Gasteiger partial charge in [0.05, 0.1) is 32.8 Å². The molecule has 0 spiro atoms. The van der Waals surface area contributed by atoms with Gasteiger partial charge >= 0.3 is 0 Å². The number of para-hydroxylation sites is 2. The third kappa shape index (κ3) is 5.89. The Morgan fingerprint density at radius 3 is 2.12 bits per heavy atom. The van der Waals surface area contributed by atoms with Crippen molar-refractivity contribution in [3.8, 4) is 16.8 Å². The van der Waals surface area contributed by atoms with Gasteiger partial charge in [0, 0.05) is 54.1 Å². The molecule has 0 aliphatic carbocycles. The standard InChI is InChI=1S/C59H39N3OS/c1-36-26-30-49(41-27-28-45-44-21-8-11-24-53(44)63-54(45)35-41)60-59(61-57(36)42-19-13-18-38(32-42)37-14-3-2-4-15-37)47-29-31-51(58-56(47)46-22-9-12-25-55(46)64-58)62-50-23-10-7-20-43(50)48-33-39-16-5-6-17-40(39)34-52(48)62/h2-25,27-36H,26H2,1H3/b49-30+,60-59-,61-57+. The Labute approximate surface area is 373 Å². The van der Waals surface area contributed by atoms with E-state index >= 15 is 0 Å². The SMILES string of the molecule is CC1C/C=C(c2ccc3c(c2)oc2ccccc23)/N=C(c2ccc(-n3c4ccccc4c4cc5ccccc5cc43)c3sc4ccccc4c23)\N=C/1c1cccc(-c2ccccc2)c1. The first-order valence-electron chi connectivity index (χ1n) is 21.9. The molecule has 302 valence electrons. The summed E-state index contributed by atoms with van der Waals surface area (Å²) < 4.78 is 11.3. The summed E-state index contributed by atoms with van der Waals surface area (Å²) in [5.41, 5.74) is 12.6. The van der Waals surface area contributed by atoms with Crippen LogP contribution in [0.3, 0.4) is 0 Å². The number of furan rings is 1. The zero-order valence-electron chi connectivity index (χ0n) is 35.0. The van der Waals surface area contributed by atoms with Crippen molar-refractivity contribution in [2.45, 2.75) is 13.3 Å². The Hall–Kier alpha value is -7.86. The van der Waals surface area contributed by atoms with Crippen molar-refractivity contribution in [3.05, 3.63) is 217 Å². The van der Waals surface area contributed by atoms with Crippen molar-refractivity contribution in [1.29, 1.82) is 0 Å². The zero-order chi connectivity index (χ0) is 42.3. The number of aromatic nitrogens is 1. The number of benzene rings is 9. The molecule has 0 radical (unpaired) electrons. The highest BCUT2D eigenvalue weighted by Crippen LogP contribution is 2.44. The zero-order valence-corrected chi connectivity index (χ0v) is 35.8. The van der Waals surface area contributed by atoms with E-state index in [1.165, 1.54) is 58.5 Å². The van der Waals surface area contributed by atoms with Crippen LogP contribution in [0.25, 0.3) is 97.2 Å². The molecule has 12 aromatic rings. The highest BCUT2D eigenvalue weighted by atomic mass is 32.1. The van der Waals surface area contributed by atoms with E-state index in [2.05, 4.69) is 200 Å². The largest absolute Gasteiger partial charge is 0.456 e. The molecule has 0 amide bonds. The highest BCUT2D eigenvalue weighted by Gasteiger charge is 2.24. The van der Waals surface area contributed by atoms with Crippen molar-refractivity contribution in [2.75, 3.05) is 0 Å². The molecule has 1 atom stereocenters. The number of aliphatic imine (C=N–C) groups is 2. The lowest BCUT2D eigenvalue weighted by atomic mass is 9.91. The number of rotatable bonds is 5. The van der Waals surface area contributed by atoms with Gasteiger partial charge in [-0.25, -0.2) is 9.98 Å². The van der Waals surface area contributed by atoms with Crippen molar-refractivity contribution < 1.29 is 4.42 Å². The maximum absolute atomic E-state index is 6.42. The minimum Gasteiger partial charge on any atom is -0.456 e. The summed E-state index contributed by atoms with van der Waals surface area (Å²) in [6, 6.07) is 69.7. The molecule has 0 saturated carbocycles. The Bertz CT molecular complexity index is 3950. The van der Waals surface area contributed by atoms with Crippen LogP contribution in [0.5, 0.6) is 0 Å². The molecule has 13 rings (SSSR count). The Kier molecular flexibility index (Phi) is 8.40. The van der Waals surface area contributed by atoms with Crippen LogP contribution in [0.1, 0.15) is 30.0 Å². The second kappa shape index (κ2) is 14.6. The molecule has 1 unspecified atom stereocenters. The van der Waals surface area contributed by atoms with Gasteiger partial charge in [-0.1, -0.05) is 146 Å². The van der Waals surface area contributed by atoms with Gasteiger partial charge in [0.1, 0.15) is 11.2 Å². The smallest absolute Gasteiger partial charge is 0.160 e. The predicted octanol–water partition coefficient (Wildman–Crippen LogP) is 16.2. The van der Waals surface area contributed by atoms with Gasteiger partial charge in [-0.15, -0.1) is 11.3 Å². The van der Waals surface area contributed by atoms with Crippen molar-refractivity contribution >= 4 is 103 Å². The van der Waals surface area contributed by atoms with Gasteiger partial charge in [-0.2, -0.15) is 0 Å². The van der Waals surface area contributed by atoms with E-state index in [1.54, 1.807) is 0 Å². The number of allylic oxidation sites excluding steroid dienone is 1. The van der Waals surface area contributed by atoms with Crippen LogP contribution < -0.4 is 0 Å². The Balaban J connectivity index is 1.07. The van der Waals surface area contributed by atoms with E-state index in [0.29, 0.717) is 5.84 Å². The molecule has 1 aliphatic heterocycles. The molecule has 4 heterocycles. The fourth-order valence-electron chi connectivity index (χ4n) is 9.93. The molecule has 1 aliphatic rings. The molecule has 0 bridgehead atoms. The average Bonchev–Trinajstić information content (AvgIpc) is 4.02. The number of nitrogens with zero attached hydrogens (tertiary/aromatic N) is 3.